The molecular formula is C25H36Br2N6O2. The first kappa shape index (κ1) is 28.8. The lowest BCUT2D eigenvalue weighted by Crippen LogP contribution is -2.29. The topological polar surface area (TPSA) is 140 Å². The molecule has 0 atom stereocenters. The van der Waals surface area contributed by atoms with Crippen LogP contribution in [0.5, 0.6) is 11.5 Å². The normalized spacial score (nSPS) is 12.0. The van der Waals surface area contributed by atoms with Gasteiger partial charge in [0.05, 0.1) is 16.1 Å². The van der Waals surface area contributed by atoms with Crippen LogP contribution >= 0.6 is 31.9 Å². The lowest BCUT2D eigenvalue weighted by molar-refractivity contribution is 0.391. The van der Waals surface area contributed by atoms with Gasteiger partial charge in [0.25, 0.3) is 0 Å². The molecule has 0 unspecified atom stereocenters. The van der Waals surface area contributed by atoms with Gasteiger partial charge in [-0.3, -0.25) is 0 Å². The molecule has 0 radical (unpaired) electrons. The first-order valence-corrected chi connectivity index (χ1v) is 13.0. The summed E-state index contributed by atoms with van der Waals surface area (Å²) >= 11 is 6.82. The van der Waals surface area contributed by atoms with Crippen molar-refractivity contribution >= 4 is 31.9 Å². The highest BCUT2D eigenvalue weighted by Crippen LogP contribution is 2.26. The zero-order chi connectivity index (χ0) is 25.8. The number of unbranched alkanes of at least 4 members (excludes halogenated alkanes) is 1. The maximum absolute atomic E-state index is 9.58. The van der Waals surface area contributed by atoms with Gasteiger partial charge in [0, 0.05) is 36.9 Å². The Balaban J connectivity index is 1.66. The van der Waals surface area contributed by atoms with Crippen molar-refractivity contribution in [1.82, 2.24) is 10.0 Å². The number of rotatable bonds is 14. The highest BCUT2D eigenvalue weighted by molar-refractivity contribution is 9.10. The van der Waals surface area contributed by atoms with Crippen LogP contribution in [-0.4, -0.2) is 35.3 Å². The molecule has 2 aromatic rings. The van der Waals surface area contributed by atoms with Crippen molar-refractivity contribution < 1.29 is 9.84 Å². The number of benzene rings is 2. The van der Waals surface area contributed by atoms with Gasteiger partial charge in [-0.15, -0.1) is 0 Å². The predicted molar refractivity (Wildman–Crippen MR) is 149 cm³/mol. The lowest BCUT2D eigenvalue weighted by atomic mass is 10.1. The molecule has 0 spiro atoms. The highest BCUT2D eigenvalue weighted by Gasteiger charge is 2.04. The Morgan fingerprint density at radius 1 is 0.857 bits per heavy atom. The maximum atomic E-state index is 9.58. The largest absolute Gasteiger partial charge is 0.507 e. The molecular weight excluding hydrogens is 576 g/mol. The van der Waals surface area contributed by atoms with E-state index >= 15 is 0 Å². The number of nitrogens with zero attached hydrogens (tertiary/aromatic N) is 2. The van der Waals surface area contributed by atoms with E-state index < -0.39 is 0 Å². The molecule has 2 rings (SSSR count). The first-order chi connectivity index (χ1) is 16.7. The number of aromatic hydroxyl groups is 1. The number of hydrogen-bond donors (Lipinski definition) is 5. The molecule has 10 heteroatoms. The fraction of sp³-hybridized carbons (Fsp3) is 0.360. The summed E-state index contributed by atoms with van der Waals surface area (Å²) in [6.45, 7) is 1.27. The summed E-state index contributed by atoms with van der Waals surface area (Å²) in [5.41, 5.74) is 16.0. The van der Waals surface area contributed by atoms with E-state index in [0.29, 0.717) is 17.6 Å². The van der Waals surface area contributed by atoms with Crippen molar-refractivity contribution in [3.8, 4) is 11.5 Å². The summed E-state index contributed by atoms with van der Waals surface area (Å²) in [6.07, 6.45) is 8.40. The predicted octanol–water partition coefficient (Wildman–Crippen LogP) is 4.22. The lowest BCUT2D eigenvalue weighted by Gasteiger charge is -2.16. The minimum absolute atomic E-state index is 0.221. The molecule has 0 saturated heterocycles. The van der Waals surface area contributed by atoms with Gasteiger partial charge in [0.1, 0.15) is 11.5 Å². The number of phenols is 1. The zero-order valence-electron chi connectivity index (χ0n) is 20.1. The molecule has 0 aliphatic heterocycles. The molecule has 192 valence electrons. The van der Waals surface area contributed by atoms with Crippen molar-refractivity contribution in [1.29, 1.82) is 0 Å². The van der Waals surface area contributed by atoms with Crippen molar-refractivity contribution in [2.75, 3.05) is 20.2 Å². The van der Waals surface area contributed by atoms with Crippen LogP contribution < -0.4 is 27.9 Å². The smallest absolute Gasteiger partial charge is 0.133 e. The number of phenolic OH excluding ortho intramolecular Hbond substituents is 1. The van der Waals surface area contributed by atoms with Gasteiger partial charge in [-0.05, 0) is 106 Å². The van der Waals surface area contributed by atoms with Gasteiger partial charge in [-0.25, -0.2) is 11.7 Å². The van der Waals surface area contributed by atoms with Crippen LogP contribution in [0.2, 0.25) is 0 Å². The third kappa shape index (κ3) is 10.8. The molecule has 0 fully saturated rings. The van der Waals surface area contributed by atoms with Gasteiger partial charge in [-0.2, -0.15) is 0 Å². The van der Waals surface area contributed by atoms with Crippen LogP contribution in [0.15, 0.2) is 69.1 Å². The molecule has 0 aliphatic carbocycles. The van der Waals surface area contributed by atoms with Crippen molar-refractivity contribution in [3.05, 3.63) is 80.3 Å². The van der Waals surface area contributed by atoms with Crippen LogP contribution in [-0.2, 0) is 12.8 Å². The van der Waals surface area contributed by atoms with E-state index in [1.807, 2.05) is 30.3 Å². The van der Waals surface area contributed by atoms with Crippen LogP contribution in [0.4, 0.5) is 0 Å². The summed E-state index contributed by atoms with van der Waals surface area (Å²) in [6, 6.07) is 11.4. The molecule has 9 N–H and O–H groups in total. The first-order valence-electron chi connectivity index (χ1n) is 11.4. The third-order valence-corrected chi connectivity index (χ3v) is 6.64. The monoisotopic (exact) mass is 610 g/mol. The van der Waals surface area contributed by atoms with Gasteiger partial charge >= 0.3 is 0 Å². The van der Waals surface area contributed by atoms with Gasteiger partial charge in [0.15, 0.2) is 0 Å². The molecule has 0 amide bonds. The number of nitrogens with two attached hydrogens (primary N) is 4. The second-order valence-electron chi connectivity index (χ2n) is 8.35. The molecule has 8 nitrogen and oxygen atoms in total. The Morgan fingerprint density at radius 2 is 1.34 bits per heavy atom. The summed E-state index contributed by atoms with van der Waals surface area (Å²) in [7, 11) is 1.65. The van der Waals surface area contributed by atoms with Crippen molar-refractivity contribution in [3.63, 3.8) is 0 Å². The van der Waals surface area contributed by atoms with Gasteiger partial charge in [-0.1, -0.05) is 12.1 Å². The van der Waals surface area contributed by atoms with Crippen LogP contribution in [0.1, 0.15) is 36.8 Å². The molecule has 2 aromatic carbocycles. The van der Waals surface area contributed by atoms with E-state index in [1.54, 1.807) is 35.6 Å². The molecule has 0 heterocycles. The summed E-state index contributed by atoms with van der Waals surface area (Å²) in [5.74, 6) is 13.2. The second kappa shape index (κ2) is 14.9. The van der Waals surface area contributed by atoms with Crippen LogP contribution in [0.3, 0.4) is 0 Å². The number of hydrazine groups is 2. The van der Waals surface area contributed by atoms with E-state index in [-0.39, 0.29) is 5.75 Å². The van der Waals surface area contributed by atoms with Crippen LogP contribution in [0.25, 0.3) is 0 Å². The Bertz CT molecular complexity index is 1020. The van der Waals surface area contributed by atoms with Crippen molar-refractivity contribution in [2.45, 2.75) is 38.5 Å². The Hall–Kier alpha value is -2.40. The van der Waals surface area contributed by atoms with Gasteiger partial charge in [0.2, 0.25) is 0 Å². The number of ether oxygens (including phenoxy) is 1. The van der Waals surface area contributed by atoms with E-state index in [1.165, 1.54) is 0 Å². The second-order valence-corrected chi connectivity index (χ2v) is 10.1. The number of allylic oxidation sites excluding steroid dienone is 2. The molecule has 0 bridgehead atoms. The highest BCUT2D eigenvalue weighted by atomic mass is 79.9. The van der Waals surface area contributed by atoms with E-state index in [9.17, 15) is 5.11 Å². The van der Waals surface area contributed by atoms with Crippen LogP contribution in [0, 0.1) is 0 Å². The van der Waals surface area contributed by atoms with E-state index in [2.05, 4.69) is 31.9 Å². The molecule has 0 aliphatic rings. The fourth-order valence-corrected chi connectivity index (χ4v) is 4.44. The molecule has 35 heavy (non-hydrogen) atoms. The Morgan fingerprint density at radius 3 is 1.80 bits per heavy atom. The maximum Gasteiger partial charge on any atom is 0.133 e. The number of methoxy groups -OCH3 is 1. The average Bonchev–Trinajstić information content (AvgIpc) is 2.81. The average molecular weight is 612 g/mol. The summed E-state index contributed by atoms with van der Waals surface area (Å²) in [4.78, 5) is 0. The van der Waals surface area contributed by atoms with Crippen molar-refractivity contribution in [2.24, 2.45) is 23.2 Å². The van der Waals surface area contributed by atoms with E-state index in [0.717, 1.165) is 71.3 Å². The molecule has 0 saturated carbocycles. The van der Waals surface area contributed by atoms with Gasteiger partial charge < -0.3 is 31.3 Å². The summed E-state index contributed by atoms with van der Waals surface area (Å²) < 4.78 is 6.85. The quantitative estimate of drug-likeness (QED) is 0.121. The molecule has 0 aromatic heterocycles. The standard InChI is InChI=1S/C25H36Br2N6O2/c1-35-25-9-7-19(15-23(25)27)11-13-33(31)17-21(29)5-3-2-4-20(28)16-32(30)12-10-18-6-8-24(34)22(26)14-18/h6-9,14-17,34H,2-5,10-13,28-31H2,1H3/b20-16-,21-17-. The third-order valence-electron chi connectivity index (χ3n) is 5.39. The number of halogens is 2. The SMILES string of the molecule is COc1ccc(CCN(N)/C=C(\N)CCCC/C(N)=C/N(N)CCc2ccc(O)c(Br)c2)cc1Br. The van der Waals surface area contributed by atoms with E-state index in [4.69, 9.17) is 27.9 Å². The Labute approximate surface area is 224 Å². The number of hydrogen-bond acceptors (Lipinski definition) is 8. The zero-order valence-corrected chi connectivity index (χ0v) is 23.3. The summed E-state index contributed by atoms with van der Waals surface area (Å²) in [5, 5.41) is 12.8. The minimum atomic E-state index is 0.221. The fourth-order valence-electron chi connectivity index (χ4n) is 3.43. The minimum Gasteiger partial charge on any atom is -0.507 e. The Kier molecular flexibility index (Phi) is 12.3.